The Hall–Kier alpha value is -0.850. The van der Waals surface area contributed by atoms with E-state index in [1.807, 2.05) is 12.2 Å². The van der Waals surface area contributed by atoms with Crippen molar-refractivity contribution in [2.75, 3.05) is 0 Å². The molecular formula is C10H12O. The molecule has 2 aliphatic rings. The van der Waals surface area contributed by atoms with E-state index in [2.05, 4.69) is 12.7 Å². The molecule has 11 heavy (non-hydrogen) atoms. The Balaban J connectivity index is 2.38. The fourth-order valence-electron chi connectivity index (χ4n) is 2.10. The molecular weight excluding hydrogens is 136 g/mol. The molecule has 0 aromatic rings. The first-order valence-corrected chi connectivity index (χ1v) is 4.13. The van der Waals surface area contributed by atoms with Crippen molar-refractivity contribution in [2.45, 2.75) is 19.3 Å². The molecule has 1 fully saturated rings. The molecule has 0 spiro atoms. The van der Waals surface area contributed by atoms with Crippen LogP contribution in [-0.2, 0) is 4.79 Å². The lowest BCUT2D eigenvalue weighted by Crippen LogP contribution is -2.29. The minimum Gasteiger partial charge on any atom is -0.298 e. The first-order valence-electron chi connectivity index (χ1n) is 4.13. The van der Waals surface area contributed by atoms with E-state index >= 15 is 0 Å². The zero-order chi connectivity index (χ0) is 7.90. The lowest BCUT2D eigenvalue weighted by molar-refractivity contribution is -0.126. The third-order valence-corrected chi connectivity index (χ3v) is 2.89. The number of carbonyl (C=O) groups excluding carboxylic acids is 1. The Morgan fingerprint density at radius 1 is 1.73 bits per heavy atom. The summed E-state index contributed by atoms with van der Waals surface area (Å²) in [4.78, 5) is 11.5. The van der Waals surface area contributed by atoms with Crippen molar-refractivity contribution in [1.82, 2.24) is 0 Å². The number of Topliss-reactive ketones (excluding diaryl/α,β-unsaturated/α-hetero) is 1. The van der Waals surface area contributed by atoms with Gasteiger partial charge in [0.05, 0.1) is 5.41 Å². The van der Waals surface area contributed by atoms with Crippen LogP contribution in [0.5, 0.6) is 0 Å². The van der Waals surface area contributed by atoms with Gasteiger partial charge in [0.25, 0.3) is 0 Å². The standard InChI is InChI=1S/C10H12O/c1-2-10-6-5-8(7-10)3-4-9(10)11/h2,5-6,8H,1,3-4,7H2. The zero-order valence-electron chi connectivity index (χ0n) is 6.55. The van der Waals surface area contributed by atoms with E-state index in [1.54, 1.807) is 0 Å². The second kappa shape index (κ2) is 2.07. The maximum atomic E-state index is 11.5. The van der Waals surface area contributed by atoms with E-state index in [0.29, 0.717) is 11.7 Å². The van der Waals surface area contributed by atoms with Crippen LogP contribution in [0, 0.1) is 11.3 Å². The molecule has 0 amide bonds. The molecule has 2 atom stereocenters. The van der Waals surface area contributed by atoms with E-state index in [9.17, 15) is 4.79 Å². The summed E-state index contributed by atoms with van der Waals surface area (Å²) in [7, 11) is 0. The highest BCUT2D eigenvalue weighted by Gasteiger charge is 2.41. The third-order valence-electron chi connectivity index (χ3n) is 2.89. The van der Waals surface area contributed by atoms with Crippen LogP contribution in [0.3, 0.4) is 0 Å². The number of rotatable bonds is 1. The molecule has 0 radical (unpaired) electrons. The SMILES string of the molecule is C=CC12C=CC(CCC1=O)C2. The van der Waals surface area contributed by atoms with Gasteiger partial charge in [-0.1, -0.05) is 18.2 Å². The summed E-state index contributed by atoms with van der Waals surface area (Å²) in [5.41, 5.74) is -0.261. The first kappa shape index (κ1) is 6.84. The molecule has 0 heterocycles. The Morgan fingerprint density at radius 2 is 2.55 bits per heavy atom. The quantitative estimate of drug-likeness (QED) is 0.520. The van der Waals surface area contributed by atoms with Gasteiger partial charge in [0.1, 0.15) is 5.78 Å². The molecule has 0 aromatic carbocycles. The van der Waals surface area contributed by atoms with Gasteiger partial charge in [-0.05, 0) is 18.8 Å². The highest BCUT2D eigenvalue weighted by Crippen LogP contribution is 2.44. The van der Waals surface area contributed by atoms with E-state index in [4.69, 9.17) is 0 Å². The summed E-state index contributed by atoms with van der Waals surface area (Å²) in [5, 5.41) is 0. The number of hydrogen-bond donors (Lipinski definition) is 0. The number of fused-ring (bicyclic) bond motifs is 2. The van der Waals surface area contributed by atoms with Crippen LogP contribution in [0.4, 0.5) is 0 Å². The number of hydrogen-bond acceptors (Lipinski definition) is 1. The van der Waals surface area contributed by atoms with E-state index in [0.717, 1.165) is 19.3 Å². The predicted molar refractivity (Wildman–Crippen MR) is 44.1 cm³/mol. The van der Waals surface area contributed by atoms with Crippen molar-refractivity contribution in [2.24, 2.45) is 11.3 Å². The van der Waals surface area contributed by atoms with Gasteiger partial charge in [-0.2, -0.15) is 0 Å². The van der Waals surface area contributed by atoms with Crippen LogP contribution in [0.15, 0.2) is 24.8 Å². The van der Waals surface area contributed by atoms with Crippen molar-refractivity contribution in [3.63, 3.8) is 0 Å². The highest BCUT2D eigenvalue weighted by atomic mass is 16.1. The van der Waals surface area contributed by atoms with Crippen LogP contribution in [0.25, 0.3) is 0 Å². The fraction of sp³-hybridized carbons (Fsp3) is 0.500. The molecule has 0 aromatic heterocycles. The molecule has 2 aliphatic carbocycles. The van der Waals surface area contributed by atoms with Gasteiger partial charge in [0.2, 0.25) is 0 Å². The lowest BCUT2D eigenvalue weighted by atomic mass is 9.74. The molecule has 58 valence electrons. The monoisotopic (exact) mass is 148 g/mol. The summed E-state index contributed by atoms with van der Waals surface area (Å²) >= 11 is 0. The molecule has 2 rings (SSSR count). The second-order valence-corrected chi connectivity index (χ2v) is 3.53. The maximum Gasteiger partial charge on any atom is 0.146 e. The summed E-state index contributed by atoms with van der Waals surface area (Å²) in [6, 6.07) is 0. The average Bonchev–Trinajstić information content (AvgIpc) is 2.39. The molecule has 1 heteroatoms. The van der Waals surface area contributed by atoms with Crippen molar-refractivity contribution >= 4 is 5.78 Å². The van der Waals surface area contributed by atoms with Crippen molar-refractivity contribution in [3.05, 3.63) is 24.8 Å². The molecule has 2 unspecified atom stereocenters. The van der Waals surface area contributed by atoms with E-state index in [-0.39, 0.29) is 5.41 Å². The van der Waals surface area contributed by atoms with Crippen LogP contribution >= 0.6 is 0 Å². The average molecular weight is 148 g/mol. The van der Waals surface area contributed by atoms with Gasteiger partial charge in [-0.15, -0.1) is 6.58 Å². The van der Waals surface area contributed by atoms with Gasteiger partial charge in [-0.3, -0.25) is 4.79 Å². The topological polar surface area (TPSA) is 17.1 Å². The van der Waals surface area contributed by atoms with Gasteiger partial charge in [0, 0.05) is 6.42 Å². The molecule has 0 aliphatic heterocycles. The molecule has 1 saturated carbocycles. The minimum atomic E-state index is -0.261. The predicted octanol–water partition coefficient (Wildman–Crippen LogP) is 2.10. The summed E-state index contributed by atoms with van der Waals surface area (Å²) < 4.78 is 0. The third kappa shape index (κ3) is 0.802. The second-order valence-electron chi connectivity index (χ2n) is 3.53. The van der Waals surface area contributed by atoms with E-state index in [1.165, 1.54) is 0 Å². The van der Waals surface area contributed by atoms with Crippen LogP contribution in [-0.4, -0.2) is 5.78 Å². The zero-order valence-corrected chi connectivity index (χ0v) is 6.55. The maximum absolute atomic E-state index is 11.5. The van der Waals surface area contributed by atoms with Crippen LogP contribution in [0.2, 0.25) is 0 Å². The van der Waals surface area contributed by atoms with Gasteiger partial charge in [-0.25, -0.2) is 0 Å². The molecule has 0 N–H and O–H groups in total. The highest BCUT2D eigenvalue weighted by molar-refractivity contribution is 5.90. The Labute approximate surface area is 66.8 Å². The van der Waals surface area contributed by atoms with E-state index < -0.39 is 0 Å². The van der Waals surface area contributed by atoms with Crippen molar-refractivity contribution < 1.29 is 4.79 Å². The summed E-state index contributed by atoms with van der Waals surface area (Å²) in [6.07, 6.45) is 8.79. The summed E-state index contributed by atoms with van der Waals surface area (Å²) in [6.45, 7) is 3.73. The molecule has 1 nitrogen and oxygen atoms in total. The fourth-order valence-corrected chi connectivity index (χ4v) is 2.10. The first-order chi connectivity index (χ1) is 5.27. The number of allylic oxidation sites excluding steroid dienone is 3. The molecule has 2 bridgehead atoms. The largest absolute Gasteiger partial charge is 0.298 e. The normalized spacial score (nSPS) is 41.1. The van der Waals surface area contributed by atoms with Crippen molar-refractivity contribution in [1.29, 1.82) is 0 Å². The van der Waals surface area contributed by atoms with Crippen LogP contribution < -0.4 is 0 Å². The number of carbonyl (C=O) groups is 1. The van der Waals surface area contributed by atoms with Crippen LogP contribution in [0.1, 0.15) is 19.3 Å². The lowest BCUT2D eigenvalue weighted by Gasteiger charge is -2.27. The summed E-state index contributed by atoms with van der Waals surface area (Å²) in [5.74, 6) is 1.00. The smallest absolute Gasteiger partial charge is 0.146 e. The number of ketones is 1. The van der Waals surface area contributed by atoms with Gasteiger partial charge in [0.15, 0.2) is 0 Å². The van der Waals surface area contributed by atoms with Gasteiger partial charge < -0.3 is 0 Å². The minimum absolute atomic E-state index is 0.261. The van der Waals surface area contributed by atoms with Gasteiger partial charge >= 0.3 is 0 Å². The molecule has 0 saturated heterocycles. The Bertz CT molecular complexity index is 239. The van der Waals surface area contributed by atoms with Crippen molar-refractivity contribution in [3.8, 4) is 0 Å². The Morgan fingerprint density at radius 3 is 3.18 bits per heavy atom. The Kier molecular flexibility index (Phi) is 1.28.